The van der Waals surface area contributed by atoms with Crippen LogP contribution in [0.4, 0.5) is 0 Å². The van der Waals surface area contributed by atoms with E-state index in [2.05, 4.69) is 96.6 Å². The minimum absolute atomic E-state index is 0.0462. The molecular formula is C29H30N2O. The van der Waals surface area contributed by atoms with E-state index in [1.807, 2.05) is 4.90 Å². The lowest BCUT2D eigenvalue weighted by Gasteiger charge is -2.22. The van der Waals surface area contributed by atoms with Crippen LogP contribution >= 0.6 is 0 Å². The number of likely N-dealkylation sites (tertiary alicyclic amines) is 1. The van der Waals surface area contributed by atoms with Crippen LogP contribution in [0.1, 0.15) is 47.4 Å². The molecule has 32 heavy (non-hydrogen) atoms. The normalized spacial score (nSPS) is 14.7. The summed E-state index contributed by atoms with van der Waals surface area (Å²) in [5.41, 5.74) is 6.20. The van der Waals surface area contributed by atoms with E-state index >= 15 is 0 Å². The molecule has 2 heterocycles. The minimum Gasteiger partial charge on any atom is -0.343 e. The first-order valence-electron chi connectivity index (χ1n) is 11.6. The number of rotatable bonds is 6. The maximum absolute atomic E-state index is 13.2. The van der Waals surface area contributed by atoms with Gasteiger partial charge in [0.2, 0.25) is 5.91 Å². The second kappa shape index (κ2) is 9.04. The molecule has 3 heteroatoms. The van der Waals surface area contributed by atoms with Crippen LogP contribution < -0.4 is 0 Å². The van der Waals surface area contributed by atoms with Crippen molar-refractivity contribution in [3.63, 3.8) is 0 Å². The molecular weight excluding hydrogens is 392 g/mol. The van der Waals surface area contributed by atoms with Crippen LogP contribution in [0.25, 0.3) is 10.9 Å². The molecule has 4 aromatic rings. The van der Waals surface area contributed by atoms with Crippen molar-refractivity contribution in [2.75, 3.05) is 13.1 Å². The second-order valence-electron chi connectivity index (χ2n) is 8.97. The van der Waals surface area contributed by atoms with Crippen molar-refractivity contribution in [2.45, 2.75) is 38.6 Å². The van der Waals surface area contributed by atoms with Gasteiger partial charge in [-0.15, -0.1) is 0 Å². The number of nitrogens with zero attached hydrogens (tertiary/aromatic N) is 2. The number of hydrogen-bond donors (Lipinski definition) is 0. The number of benzene rings is 3. The van der Waals surface area contributed by atoms with Gasteiger partial charge in [-0.3, -0.25) is 4.79 Å². The maximum Gasteiger partial charge on any atom is 0.223 e. The van der Waals surface area contributed by atoms with Gasteiger partial charge in [-0.2, -0.15) is 0 Å². The summed E-state index contributed by atoms with van der Waals surface area (Å²) in [4.78, 5) is 15.3. The lowest BCUT2D eigenvalue weighted by Crippen LogP contribution is -2.29. The van der Waals surface area contributed by atoms with Crippen LogP contribution in [0.15, 0.2) is 85.1 Å². The van der Waals surface area contributed by atoms with Crippen LogP contribution in [-0.4, -0.2) is 28.5 Å². The smallest absolute Gasteiger partial charge is 0.223 e. The molecule has 0 radical (unpaired) electrons. The number of aromatic nitrogens is 1. The van der Waals surface area contributed by atoms with Crippen LogP contribution in [0.2, 0.25) is 0 Å². The fraction of sp³-hybridized carbons (Fsp3) is 0.276. The first-order valence-corrected chi connectivity index (χ1v) is 11.6. The lowest BCUT2D eigenvalue weighted by atomic mass is 9.87. The summed E-state index contributed by atoms with van der Waals surface area (Å²) in [6.45, 7) is 4.74. The van der Waals surface area contributed by atoms with Gasteiger partial charge in [-0.25, -0.2) is 0 Å². The zero-order valence-electron chi connectivity index (χ0n) is 18.7. The molecule has 1 saturated heterocycles. The Morgan fingerprint density at radius 2 is 1.66 bits per heavy atom. The number of carbonyl (C=O) groups is 1. The molecule has 0 N–H and O–H groups in total. The number of fused-ring (bicyclic) bond motifs is 1. The first-order chi connectivity index (χ1) is 15.7. The van der Waals surface area contributed by atoms with Crippen molar-refractivity contribution in [2.24, 2.45) is 0 Å². The molecule has 0 saturated carbocycles. The molecule has 1 aliphatic rings. The molecule has 1 amide bonds. The molecule has 0 spiro atoms. The zero-order valence-corrected chi connectivity index (χ0v) is 18.7. The molecule has 1 atom stereocenters. The molecule has 0 bridgehead atoms. The topological polar surface area (TPSA) is 25.2 Å². The quantitative estimate of drug-likeness (QED) is 0.366. The van der Waals surface area contributed by atoms with E-state index in [-0.39, 0.29) is 11.8 Å². The molecule has 5 rings (SSSR count). The Hall–Kier alpha value is -3.33. The van der Waals surface area contributed by atoms with Crippen molar-refractivity contribution in [3.8, 4) is 0 Å². The summed E-state index contributed by atoms with van der Waals surface area (Å²) in [6.07, 6.45) is 5.04. The summed E-state index contributed by atoms with van der Waals surface area (Å²) in [5, 5.41) is 1.24. The highest BCUT2D eigenvalue weighted by Gasteiger charge is 2.26. The van der Waals surface area contributed by atoms with Crippen molar-refractivity contribution < 1.29 is 4.79 Å². The third-order valence-corrected chi connectivity index (χ3v) is 6.67. The fourth-order valence-corrected chi connectivity index (χ4v) is 5.03. The predicted octanol–water partition coefficient (Wildman–Crippen LogP) is 6.14. The summed E-state index contributed by atoms with van der Waals surface area (Å²) >= 11 is 0. The van der Waals surface area contributed by atoms with Gasteiger partial charge in [0, 0.05) is 49.1 Å². The largest absolute Gasteiger partial charge is 0.343 e. The zero-order chi connectivity index (χ0) is 21.9. The number of para-hydroxylation sites is 1. The van der Waals surface area contributed by atoms with Gasteiger partial charge in [-0.1, -0.05) is 78.4 Å². The lowest BCUT2D eigenvalue weighted by molar-refractivity contribution is -0.130. The van der Waals surface area contributed by atoms with E-state index in [4.69, 9.17) is 0 Å². The Morgan fingerprint density at radius 3 is 2.44 bits per heavy atom. The highest BCUT2D eigenvalue weighted by molar-refractivity contribution is 5.87. The van der Waals surface area contributed by atoms with Crippen molar-refractivity contribution in [1.82, 2.24) is 9.47 Å². The Labute approximate surface area is 190 Å². The third-order valence-electron chi connectivity index (χ3n) is 6.67. The maximum atomic E-state index is 13.2. The highest BCUT2D eigenvalue weighted by atomic mass is 16.2. The third kappa shape index (κ3) is 4.20. The Kier molecular flexibility index (Phi) is 5.81. The van der Waals surface area contributed by atoms with E-state index in [1.165, 1.54) is 33.2 Å². The van der Waals surface area contributed by atoms with Gasteiger partial charge >= 0.3 is 0 Å². The molecule has 3 nitrogen and oxygen atoms in total. The Balaban J connectivity index is 1.58. The molecule has 0 aliphatic carbocycles. The van der Waals surface area contributed by atoms with Crippen LogP contribution in [0, 0.1) is 6.92 Å². The highest BCUT2D eigenvalue weighted by Crippen LogP contribution is 2.36. The summed E-state index contributed by atoms with van der Waals surface area (Å²) in [6, 6.07) is 27.8. The second-order valence-corrected chi connectivity index (χ2v) is 8.97. The number of amides is 1. The summed E-state index contributed by atoms with van der Waals surface area (Å²) < 4.78 is 2.34. The van der Waals surface area contributed by atoms with Gasteiger partial charge < -0.3 is 9.47 Å². The molecule has 1 aliphatic heterocycles. The van der Waals surface area contributed by atoms with Gasteiger partial charge in [0.1, 0.15) is 0 Å². The Morgan fingerprint density at radius 1 is 0.906 bits per heavy atom. The number of hydrogen-bond acceptors (Lipinski definition) is 1. The van der Waals surface area contributed by atoms with E-state index in [9.17, 15) is 4.79 Å². The van der Waals surface area contributed by atoms with E-state index in [1.54, 1.807) is 0 Å². The van der Waals surface area contributed by atoms with E-state index < -0.39 is 0 Å². The average Bonchev–Trinajstić information content (AvgIpc) is 3.47. The molecule has 1 fully saturated rings. The van der Waals surface area contributed by atoms with Crippen LogP contribution in [0.3, 0.4) is 0 Å². The van der Waals surface area contributed by atoms with Crippen LogP contribution in [0.5, 0.6) is 0 Å². The van der Waals surface area contributed by atoms with Crippen molar-refractivity contribution in [1.29, 1.82) is 0 Å². The first kappa shape index (κ1) is 20.6. The molecule has 3 aromatic carbocycles. The molecule has 162 valence electrons. The SMILES string of the molecule is Cc1cccc(C(CC(=O)N2CCCC2)c2cn(Cc3ccccc3)c3ccccc23)c1. The van der Waals surface area contributed by atoms with Crippen LogP contribution in [-0.2, 0) is 11.3 Å². The fourth-order valence-electron chi connectivity index (χ4n) is 5.03. The van der Waals surface area contributed by atoms with Gasteiger partial charge in [0.25, 0.3) is 0 Å². The summed E-state index contributed by atoms with van der Waals surface area (Å²) in [5.74, 6) is 0.318. The van der Waals surface area contributed by atoms with Crippen molar-refractivity contribution >= 4 is 16.8 Å². The molecule has 1 aromatic heterocycles. The predicted molar refractivity (Wildman–Crippen MR) is 131 cm³/mol. The van der Waals surface area contributed by atoms with E-state index in [0.29, 0.717) is 6.42 Å². The van der Waals surface area contributed by atoms with Gasteiger partial charge in [0.15, 0.2) is 0 Å². The van der Waals surface area contributed by atoms with E-state index in [0.717, 1.165) is 32.5 Å². The van der Waals surface area contributed by atoms with Gasteiger partial charge in [0.05, 0.1) is 0 Å². The monoisotopic (exact) mass is 422 g/mol. The molecule has 1 unspecified atom stereocenters. The van der Waals surface area contributed by atoms with Crippen molar-refractivity contribution in [3.05, 3.63) is 107 Å². The number of aryl methyl sites for hydroxylation is 1. The standard InChI is InChI=1S/C29H30N2O/c1-22-10-9-13-24(18-22)26(19-29(32)30-16-7-8-17-30)27-21-31(20-23-11-3-2-4-12-23)28-15-6-5-14-25(27)28/h2-6,9-15,18,21,26H,7-8,16-17,19-20H2,1H3. The number of carbonyl (C=O) groups excluding carboxylic acids is 1. The minimum atomic E-state index is 0.0462. The van der Waals surface area contributed by atoms with Gasteiger partial charge in [-0.05, 0) is 42.5 Å². The average molecular weight is 423 g/mol. The summed E-state index contributed by atoms with van der Waals surface area (Å²) in [7, 11) is 0. The Bertz CT molecular complexity index is 1220.